The number of halogens is 1. The van der Waals surface area contributed by atoms with Gasteiger partial charge in [0.1, 0.15) is 5.82 Å². The number of aliphatic imine (C=N–C) groups is 1. The average Bonchev–Trinajstić information content (AvgIpc) is 3.42. The highest BCUT2D eigenvalue weighted by molar-refractivity contribution is 14.0. The van der Waals surface area contributed by atoms with Crippen molar-refractivity contribution in [1.82, 2.24) is 25.4 Å². The molecule has 2 aliphatic heterocycles. The zero-order valence-corrected chi connectivity index (χ0v) is 21.0. The molecule has 2 aromatic rings. The monoisotopic (exact) mass is 535 g/mol. The highest BCUT2D eigenvalue weighted by Crippen LogP contribution is 2.19. The molecule has 1 aromatic carbocycles. The van der Waals surface area contributed by atoms with Crippen LogP contribution >= 0.6 is 24.0 Å². The van der Waals surface area contributed by atoms with E-state index in [2.05, 4.69) is 82.4 Å². The molecule has 7 nitrogen and oxygen atoms in total. The molecule has 168 valence electrons. The summed E-state index contributed by atoms with van der Waals surface area (Å²) < 4.78 is 2.06. The first kappa shape index (κ1) is 23.6. The van der Waals surface area contributed by atoms with E-state index in [0.29, 0.717) is 18.5 Å². The Morgan fingerprint density at radius 2 is 2.06 bits per heavy atom. The highest BCUT2D eigenvalue weighted by Gasteiger charge is 2.23. The molecule has 3 heterocycles. The third-order valence-corrected chi connectivity index (χ3v) is 5.59. The van der Waals surface area contributed by atoms with E-state index < -0.39 is 0 Å². The van der Waals surface area contributed by atoms with E-state index in [1.807, 2.05) is 0 Å². The number of rotatable bonds is 6. The van der Waals surface area contributed by atoms with Crippen molar-refractivity contribution in [2.45, 2.75) is 58.7 Å². The van der Waals surface area contributed by atoms with Gasteiger partial charge in [-0.25, -0.2) is 14.7 Å². The van der Waals surface area contributed by atoms with Crippen molar-refractivity contribution in [2.75, 3.05) is 24.5 Å². The number of nitrogens with zero attached hydrogens (tertiary/aromatic N) is 5. The molecule has 2 aliphatic rings. The van der Waals surface area contributed by atoms with Crippen LogP contribution in [0.1, 0.15) is 50.3 Å². The molecule has 2 N–H and O–H groups in total. The summed E-state index contributed by atoms with van der Waals surface area (Å²) in [6.45, 7) is 10.7. The molecule has 1 atom stereocenters. The Bertz CT molecular complexity index is 910. The second kappa shape index (κ2) is 11.0. The maximum absolute atomic E-state index is 4.85. The van der Waals surface area contributed by atoms with Gasteiger partial charge in [-0.05, 0) is 31.0 Å². The highest BCUT2D eigenvalue weighted by atomic mass is 127. The number of hydrogen-bond donors (Lipinski definition) is 2. The molecular weight excluding hydrogens is 501 g/mol. The van der Waals surface area contributed by atoms with Crippen molar-refractivity contribution >= 4 is 35.6 Å². The van der Waals surface area contributed by atoms with Crippen LogP contribution in [0.15, 0.2) is 41.4 Å². The normalized spacial score (nSPS) is 18.1. The summed E-state index contributed by atoms with van der Waals surface area (Å²) in [7, 11) is 0. The average molecular weight is 535 g/mol. The van der Waals surface area contributed by atoms with Crippen LogP contribution < -0.4 is 15.5 Å². The molecule has 0 saturated carbocycles. The number of anilines is 1. The lowest BCUT2D eigenvalue weighted by Crippen LogP contribution is -2.47. The molecule has 0 radical (unpaired) electrons. The molecule has 1 unspecified atom stereocenters. The Morgan fingerprint density at radius 3 is 2.81 bits per heavy atom. The van der Waals surface area contributed by atoms with Gasteiger partial charge in [0, 0.05) is 43.7 Å². The third-order valence-electron chi connectivity index (χ3n) is 5.59. The quantitative estimate of drug-likeness (QED) is 0.257. The Kier molecular flexibility index (Phi) is 8.34. The van der Waals surface area contributed by atoms with Crippen LogP contribution in [0.2, 0.25) is 0 Å². The molecule has 0 aliphatic carbocycles. The topological polar surface area (TPSA) is 70.4 Å². The predicted octanol–water partition coefficient (Wildman–Crippen LogP) is 3.47. The molecular formula is C23H34IN7. The molecule has 0 bridgehead atoms. The number of aromatic nitrogens is 3. The zero-order chi connectivity index (χ0) is 20.9. The summed E-state index contributed by atoms with van der Waals surface area (Å²) in [4.78, 5) is 11.9. The minimum atomic E-state index is 0. The summed E-state index contributed by atoms with van der Waals surface area (Å²) in [6, 6.07) is 9.00. The second-order valence-corrected chi connectivity index (χ2v) is 8.34. The van der Waals surface area contributed by atoms with Gasteiger partial charge in [-0.2, -0.15) is 5.10 Å². The Morgan fingerprint density at radius 1 is 1.26 bits per heavy atom. The van der Waals surface area contributed by atoms with Gasteiger partial charge in [-0.3, -0.25) is 0 Å². The molecule has 0 saturated heterocycles. The number of nitrogens with one attached hydrogen (secondary N) is 2. The maximum Gasteiger partial charge on any atom is 0.191 e. The molecule has 1 aromatic heterocycles. The first-order valence-corrected chi connectivity index (χ1v) is 11.1. The van der Waals surface area contributed by atoms with Crippen molar-refractivity contribution in [3.8, 4) is 0 Å². The van der Waals surface area contributed by atoms with Crippen molar-refractivity contribution < 1.29 is 0 Å². The van der Waals surface area contributed by atoms with Crippen LogP contribution in [0.3, 0.4) is 0 Å². The minimum Gasteiger partial charge on any atom is -0.364 e. The summed E-state index contributed by atoms with van der Waals surface area (Å²) in [5.41, 5.74) is 2.48. The fourth-order valence-corrected chi connectivity index (χ4v) is 3.91. The number of fused-ring (bicyclic) bond motifs is 1. The van der Waals surface area contributed by atoms with Gasteiger partial charge in [0.05, 0.1) is 13.1 Å². The first-order chi connectivity index (χ1) is 14.6. The lowest BCUT2D eigenvalue weighted by Gasteiger charge is -2.25. The summed E-state index contributed by atoms with van der Waals surface area (Å²) in [5.74, 6) is 3.27. The van der Waals surface area contributed by atoms with E-state index in [0.717, 1.165) is 56.6 Å². The lowest BCUT2D eigenvalue weighted by atomic mass is 10.1. The van der Waals surface area contributed by atoms with Gasteiger partial charge in [0.2, 0.25) is 0 Å². The van der Waals surface area contributed by atoms with Gasteiger partial charge in [0.25, 0.3) is 0 Å². The minimum absolute atomic E-state index is 0. The van der Waals surface area contributed by atoms with Gasteiger partial charge in [-0.1, -0.05) is 38.1 Å². The van der Waals surface area contributed by atoms with Gasteiger partial charge in [0.15, 0.2) is 11.8 Å². The lowest BCUT2D eigenvalue weighted by molar-refractivity contribution is 0.391. The largest absolute Gasteiger partial charge is 0.364 e. The van der Waals surface area contributed by atoms with Gasteiger partial charge in [-0.15, -0.1) is 24.0 Å². The third kappa shape index (κ3) is 5.99. The van der Waals surface area contributed by atoms with E-state index in [-0.39, 0.29) is 24.0 Å². The van der Waals surface area contributed by atoms with E-state index in [1.165, 1.54) is 11.3 Å². The number of guanidine groups is 1. The SMILES string of the molecule is CCNC(=NCc1cccc(N2CC=CC2)c1)NC1CCc2nc(C(C)C)nn2C1.I. The Balaban J connectivity index is 0.00000272. The van der Waals surface area contributed by atoms with Crippen LogP contribution in [0.4, 0.5) is 5.69 Å². The summed E-state index contributed by atoms with van der Waals surface area (Å²) in [5, 5.41) is 11.7. The molecule has 31 heavy (non-hydrogen) atoms. The maximum atomic E-state index is 4.85. The standard InChI is InChI=1S/C23H33N7.HI/c1-4-24-23(25-15-18-8-7-9-20(14-18)29-12-5-6-13-29)26-19-10-11-21-27-22(17(2)3)28-30(21)16-19;/h5-9,14,17,19H,4,10-13,15-16H2,1-3H3,(H2,24,25,26);1H. The molecule has 8 heteroatoms. The van der Waals surface area contributed by atoms with E-state index in [9.17, 15) is 0 Å². The smallest absolute Gasteiger partial charge is 0.191 e. The van der Waals surface area contributed by atoms with Gasteiger partial charge >= 0.3 is 0 Å². The van der Waals surface area contributed by atoms with Crippen LogP contribution in [-0.2, 0) is 19.5 Å². The van der Waals surface area contributed by atoms with E-state index >= 15 is 0 Å². The van der Waals surface area contributed by atoms with Crippen LogP contribution in [0.25, 0.3) is 0 Å². The zero-order valence-electron chi connectivity index (χ0n) is 18.7. The second-order valence-electron chi connectivity index (χ2n) is 8.34. The molecule has 0 spiro atoms. The fraction of sp³-hybridized carbons (Fsp3) is 0.522. The van der Waals surface area contributed by atoms with Crippen molar-refractivity contribution in [3.05, 3.63) is 53.6 Å². The Labute approximate surface area is 202 Å². The van der Waals surface area contributed by atoms with Crippen molar-refractivity contribution in [1.29, 1.82) is 0 Å². The summed E-state index contributed by atoms with van der Waals surface area (Å²) in [6.07, 6.45) is 6.42. The van der Waals surface area contributed by atoms with Crippen LogP contribution in [-0.4, -0.2) is 46.4 Å². The van der Waals surface area contributed by atoms with Crippen LogP contribution in [0.5, 0.6) is 0 Å². The number of hydrogen-bond acceptors (Lipinski definition) is 4. The predicted molar refractivity (Wildman–Crippen MR) is 137 cm³/mol. The number of aryl methyl sites for hydroxylation is 1. The molecule has 0 fully saturated rings. The number of benzene rings is 1. The van der Waals surface area contributed by atoms with Gasteiger partial charge < -0.3 is 15.5 Å². The van der Waals surface area contributed by atoms with E-state index in [1.54, 1.807) is 0 Å². The molecule has 0 amide bonds. The first-order valence-electron chi connectivity index (χ1n) is 11.1. The van der Waals surface area contributed by atoms with Crippen LogP contribution in [0, 0.1) is 0 Å². The molecule has 4 rings (SSSR count). The van der Waals surface area contributed by atoms with Crippen molar-refractivity contribution in [3.63, 3.8) is 0 Å². The van der Waals surface area contributed by atoms with E-state index in [4.69, 9.17) is 10.1 Å². The fourth-order valence-electron chi connectivity index (χ4n) is 3.91. The summed E-state index contributed by atoms with van der Waals surface area (Å²) >= 11 is 0. The Hall–Kier alpha value is -2.10. The van der Waals surface area contributed by atoms with Crippen molar-refractivity contribution in [2.24, 2.45) is 4.99 Å².